The highest BCUT2D eigenvalue weighted by Gasteiger charge is 2.20. The lowest BCUT2D eigenvalue weighted by atomic mass is 9.88. The largest absolute Gasteiger partial charge is 0.394 e. The zero-order valence-corrected chi connectivity index (χ0v) is 12.2. The third-order valence-electron chi connectivity index (χ3n) is 3.23. The van der Waals surface area contributed by atoms with Gasteiger partial charge in [0.2, 0.25) is 0 Å². The maximum atomic E-state index is 12.2. The van der Waals surface area contributed by atoms with Crippen LogP contribution in [0.3, 0.4) is 0 Å². The van der Waals surface area contributed by atoms with E-state index in [4.69, 9.17) is 0 Å². The van der Waals surface area contributed by atoms with E-state index >= 15 is 0 Å². The Kier molecular flexibility index (Phi) is 4.14. The molecule has 108 valence electrons. The average Bonchev–Trinajstić information content (AvgIpc) is 2.83. The predicted molar refractivity (Wildman–Crippen MR) is 80.7 cm³/mol. The van der Waals surface area contributed by atoms with E-state index in [-0.39, 0.29) is 24.0 Å². The molecular formula is C16H22N2O2. The molecule has 1 aromatic carbocycles. The van der Waals surface area contributed by atoms with E-state index in [1.54, 1.807) is 6.07 Å². The molecule has 1 amide bonds. The molecule has 0 saturated carbocycles. The number of aromatic amines is 1. The summed E-state index contributed by atoms with van der Waals surface area (Å²) in [6.07, 6.45) is 2.59. The van der Waals surface area contributed by atoms with Gasteiger partial charge >= 0.3 is 0 Å². The van der Waals surface area contributed by atoms with Crippen molar-refractivity contribution in [2.24, 2.45) is 5.41 Å². The van der Waals surface area contributed by atoms with Crippen LogP contribution >= 0.6 is 0 Å². The molecule has 0 aliphatic rings. The van der Waals surface area contributed by atoms with Crippen molar-refractivity contribution in [1.29, 1.82) is 0 Å². The summed E-state index contributed by atoms with van der Waals surface area (Å²) in [4.78, 5) is 15.3. The van der Waals surface area contributed by atoms with E-state index in [1.165, 1.54) is 0 Å². The molecule has 4 nitrogen and oxygen atoms in total. The van der Waals surface area contributed by atoms with Gasteiger partial charge in [0.25, 0.3) is 5.91 Å². The Hall–Kier alpha value is -1.81. The highest BCUT2D eigenvalue weighted by atomic mass is 16.3. The normalized spacial score (nSPS) is 13.4. The van der Waals surface area contributed by atoms with E-state index in [0.29, 0.717) is 5.56 Å². The zero-order valence-electron chi connectivity index (χ0n) is 12.2. The van der Waals surface area contributed by atoms with Crippen LogP contribution in [0.5, 0.6) is 0 Å². The van der Waals surface area contributed by atoms with E-state index < -0.39 is 0 Å². The first-order valence-electron chi connectivity index (χ1n) is 6.88. The first-order chi connectivity index (χ1) is 9.39. The molecule has 2 rings (SSSR count). The number of benzene rings is 1. The number of fused-ring (bicyclic) bond motifs is 1. The number of H-pyrrole nitrogens is 1. The van der Waals surface area contributed by atoms with Crippen LogP contribution in [0.1, 0.15) is 37.6 Å². The second-order valence-corrected chi connectivity index (χ2v) is 6.40. The van der Waals surface area contributed by atoms with Gasteiger partial charge in [0.1, 0.15) is 0 Å². The highest BCUT2D eigenvalue weighted by molar-refractivity contribution is 5.98. The molecule has 0 aliphatic carbocycles. The highest BCUT2D eigenvalue weighted by Crippen LogP contribution is 2.21. The number of hydrogen-bond donors (Lipinski definition) is 3. The molecule has 0 saturated heterocycles. The summed E-state index contributed by atoms with van der Waals surface area (Å²) in [5, 5.41) is 13.4. The van der Waals surface area contributed by atoms with Gasteiger partial charge in [-0.05, 0) is 35.4 Å². The van der Waals surface area contributed by atoms with Crippen molar-refractivity contribution < 1.29 is 9.90 Å². The number of aromatic nitrogens is 1. The van der Waals surface area contributed by atoms with Gasteiger partial charge in [-0.15, -0.1) is 0 Å². The quantitative estimate of drug-likeness (QED) is 0.802. The van der Waals surface area contributed by atoms with Crippen LogP contribution in [0.4, 0.5) is 0 Å². The fraction of sp³-hybridized carbons (Fsp3) is 0.438. The van der Waals surface area contributed by atoms with Crippen molar-refractivity contribution in [2.75, 3.05) is 6.61 Å². The number of nitrogens with one attached hydrogen (secondary N) is 2. The van der Waals surface area contributed by atoms with E-state index in [0.717, 1.165) is 17.3 Å². The molecule has 3 N–H and O–H groups in total. The Bertz CT molecular complexity index is 596. The smallest absolute Gasteiger partial charge is 0.251 e. The van der Waals surface area contributed by atoms with Gasteiger partial charge in [-0.1, -0.05) is 26.8 Å². The monoisotopic (exact) mass is 274 g/mol. The third kappa shape index (κ3) is 3.61. The summed E-state index contributed by atoms with van der Waals surface area (Å²) in [5.74, 6) is -0.148. The fourth-order valence-electron chi connectivity index (χ4n) is 2.36. The summed E-state index contributed by atoms with van der Waals surface area (Å²) in [6.45, 7) is 6.22. The summed E-state index contributed by atoms with van der Waals surface area (Å²) < 4.78 is 0. The molecule has 1 atom stereocenters. The van der Waals surface area contributed by atoms with Crippen molar-refractivity contribution in [3.05, 3.63) is 36.0 Å². The fourth-order valence-corrected chi connectivity index (χ4v) is 2.36. The van der Waals surface area contributed by atoms with Crippen LogP contribution in [-0.4, -0.2) is 28.6 Å². The molecule has 0 bridgehead atoms. The Morgan fingerprint density at radius 1 is 1.35 bits per heavy atom. The van der Waals surface area contributed by atoms with Crippen LogP contribution < -0.4 is 5.32 Å². The van der Waals surface area contributed by atoms with Gasteiger partial charge in [0.15, 0.2) is 0 Å². The molecule has 2 aromatic rings. The molecule has 4 heteroatoms. The van der Waals surface area contributed by atoms with Crippen molar-refractivity contribution >= 4 is 16.8 Å². The predicted octanol–water partition coefficient (Wildman–Crippen LogP) is 2.69. The van der Waals surface area contributed by atoms with Crippen molar-refractivity contribution in [2.45, 2.75) is 33.2 Å². The van der Waals surface area contributed by atoms with Crippen LogP contribution in [0.2, 0.25) is 0 Å². The Morgan fingerprint density at radius 2 is 2.10 bits per heavy atom. The first-order valence-corrected chi connectivity index (χ1v) is 6.88. The zero-order chi connectivity index (χ0) is 14.8. The van der Waals surface area contributed by atoms with Crippen molar-refractivity contribution in [1.82, 2.24) is 10.3 Å². The molecule has 1 heterocycles. The number of carbonyl (C=O) groups excluding carboxylic acids is 1. The Balaban J connectivity index is 2.09. The van der Waals surface area contributed by atoms with Crippen LogP contribution in [0.25, 0.3) is 10.9 Å². The Labute approximate surface area is 119 Å². The molecule has 1 unspecified atom stereocenters. The molecule has 0 spiro atoms. The third-order valence-corrected chi connectivity index (χ3v) is 3.23. The minimum Gasteiger partial charge on any atom is -0.394 e. The topological polar surface area (TPSA) is 65.1 Å². The SMILES string of the molecule is CC(C)(C)CC(CO)NC(=O)c1ccc2cc[nH]c2c1. The summed E-state index contributed by atoms with van der Waals surface area (Å²) >= 11 is 0. The van der Waals surface area contributed by atoms with Gasteiger partial charge in [0.05, 0.1) is 12.6 Å². The number of rotatable bonds is 4. The van der Waals surface area contributed by atoms with Crippen molar-refractivity contribution in [3.63, 3.8) is 0 Å². The van der Waals surface area contributed by atoms with E-state index in [2.05, 4.69) is 31.1 Å². The standard InChI is InChI=1S/C16H22N2O2/c1-16(2,3)9-13(10-19)18-15(20)12-5-4-11-6-7-17-14(11)8-12/h4-8,13,17,19H,9-10H2,1-3H3,(H,18,20). The maximum absolute atomic E-state index is 12.2. The first kappa shape index (κ1) is 14.6. The second kappa shape index (κ2) is 5.67. The Morgan fingerprint density at radius 3 is 2.75 bits per heavy atom. The van der Waals surface area contributed by atoms with Crippen molar-refractivity contribution in [3.8, 4) is 0 Å². The average molecular weight is 274 g/mol. The lowest BCUT2D eigenvalue weighted by molar-refractivity contribution is 0.0898. The number of aliphatic hydroxyl groups is 1. The number of aliphatic hydroxyl groups excluding tert-OH is 1. The molecule has 0 fully saturated rings. The molecule has 1 aromatic heterocycles. The van der Waals surface area contributed by atoms with Crippen LogP contribution in [-0.2, 0) is 0 Å². The van der Waals surface area contributed by atoms with Gasteiger partial charge in [-0.25, -0.2) is 0 Å². The minimum atomic E-state index is -0.221. The van der Waals surface area contributed by atoms with Gasteiger partial charge < -0.3 is 15.4 Å². The molecular weight excluding hydrogens is 252 g/mol. The van der Waals surface area contributed by atoms with E-state index in [9.17, 15) is 9.90 Å². The van der Waals surface area contributed by atoms with Crippen LogP contribution in [0.15, 0.2) is 30.5 Å². The van der Waals surface area contributed by atoms with E-state index in [1.807, 2.05) is 24.4 Å². The number of hydrogen-bond acceptors (Lipinski definition) is 2. The van der Waals surface area contributed by atoms with Gasteiger partial charge in [-0.2, -0.15) is 0 Å². The number of carbonyl (C=O) groups is 1. The summed E-state index contributed by atoms with van der Waals surface area (Å²) in [6, 6.07) is 7.29. The molecule has 0 aliphatic heterocycles. The maximum Gasteiger partial charge on any atom is 0.251 e. The lowest BCUT2D eigenvalue weighted by Gasteiger charge is -2.25. The lowest BCUT2D eigenvalue weighted by Crippen LogP contribution is -2.40. The number of amides is 1. The van der Waals surface area contributed by atoms with Gasteiger partial charge in [0, 0.05) is 17.3 Å². The van der Waals surface area contributed by atoms with Gasteiger partial charge in [-0.3, -0.25) is 4.79 Å². The molecule has 20 heavy (non-hydrogen) atoms. The van der Waals surface area contributed by atoms with Crippen LogP contribution in [0, 0.1) is 5.41 Å². The summed E-state index contributed by atoms with van der Waals surface area (Å²) in [7, 11) is 0. The summed E-state index contributed by atoms with van der Waals surface area (Å²) in [5.41, 5.74) is 1.60. The molecule has 0 radical (unpaired) electrons. The minimum absolute atomic E-state index is 0.0479. The second-order valence-electron chi connectivity index (χ2n) is 6.40.